The van der Waals surface area contributed by atoms with E-state index in [1.807, 2.05) is 91.0 Å². The summed E-state index contributed by atoms with van der Waals surface area (Å²) in [4.78, 5) is 32.9. The van der Waals surface area contributed by atoms with Crippen LogP contribution >= 0.6 is 34.5 Å². The molecule has 5 aromatic rings. The second-order valence-electron chi connectivity index (χ2n) is 10.3. The number of hydrogen-bond donors (Lipinski definition) is 1. The van der Waals surface area contributed by atoms with Crippen molar-refractivity contribution in [2.24, 2.45) is 4.99 Å². The van der Waals surface area contributed by atoms with Gasteiger partial charge in [-0.3, -0.25) is 14.2 Å². The van der Waals surface area contributed by atoms with Crippen LogP contribution in [0.5, 0.6) is 11.5 Å². The van der Waals surface area contributed by atoms with Gasteiger partial charge in [0.15, 0.2) is 4.80 Å². The third-order valence-corrected chi connectivity index (χ3v) is 9.02. The number of thiazole rings is 1. The Morgan fingerprint density at radius 3 is 2.36 bits per heavy atom. The first-order valence-electron chi connectivity index (χ1n) is 14.0. The van der Waals surface area contributed by atoms with E-state index < -0.39 is 6.04 Å². The Morgan fingerprint density at radius 1 is 0.956 bits per heavy atom. The summed E-state index contributed by atoms with van der Waals surface area (Å²) >= 11 is 13.4. The van der Waals surface area contributed by atoms with Crippen molar-refractivity contribution >= 4 is 52.2 Å². The van der Waals surface area contributed by atoms with E-state index >= 15 is 0 Å². The highest BCUT2D eigenvalue weighted by Crippen LogP contribution is 2.32. The summed E-state index contributed by atoms with van der Waals surface area (Å²) in [6.07, 6.45) is 1.82. The fourth-order valence-electron chi connectivity index (χ4n) is 5.04. The second-order valence-corrected chi connectivity index (χ2v) is 12.1. The number of hydrogen-bond acceptors (Lipinski definition) is 6. The molecule has 0 fully saturated rings. The van der Waals surface area contributed by atoms with Gasteiger partial charge in [0, 0.05) is 5.69 Å². The second kappa shape index (κ2) is 13.2. The van der Waals surface area contributed by atoms with Crippen LogP contribution in [0.15, 0.2) is 118 Å². The number of nitrogens with one attached hydrogen (secondary N) is 1. The summed E-state index contributed by atoms with van der Waals surface area (Å²) < 4.78 is 13.3. The first-order valence-corrected chi connectivity index (χ1v) is 15.6. The minimum atomic E-state index is -0.685. The minimum Gasteiger partial charge on any atom is -0.497 e. The molecule has 1 aliphatic rings. The van der Waals surface area contributed by atoms with Crippen LogP contribution in [0.2, 0.25) is 10.0 Å². The molecule has 2 heterocycles. The molecule has 6 rings (SSSR count). The van der Waals surface area contributed by atoms with Crippen molar-refractivity contribution in [2.45, 2.75) is 19.6 Å². The average Bonchev–Trinajstić information content (AvgIpc) is 3.35. The normalized spacial score (nSPS) is 14.5. The summed E-state index contributed by atoms with van der Waals surface area (Å²) in [6, 6.07) is 28.7. The van der Waals surface area contributed by atoms with E-state index in [-0.39, 0.29) is 11.5 Å². The van der Waals surface area contributed by atoms with Crippen molar-refractivity contribution in [1.82, 2.24) is 4.57 Å². The zero-order chi connectivity index (χ0) is 31.5. The molecule has 0 spiro atoms. The average molecular weight is 657 g/mol. The number of amides is 1. The van der Waals surface area contributed by atoms with Gasteiger partial charge in [-0.15, -0.1) is 0 Å². The molecule has 10 heteroatoms. The quantitative estimate of drug-likeness (QED) is 0.200. The Bertz CT molecular complexity index is 2090. The van der Waals surface area contributed by atoms with Crippen LogP contribution in [0, 0.1) is 0 Å². The highest BCUT2D eigenvalue weighted by atomic mass is 35.5. The summed E-state index contributed by atoms with van der Waals surface area (Å²) in [5, 5.41) is 3.93. The first-order chi connectivity index (χ1) is 21.8. The van der Waals surface area contributed by atoms with Gasteiger partial charge in [-0.1, -0.05) is 83.1 Å². The summed E-state index contributed by atoms with van der Waals surface area (Å²) in [7, 11) is 1.59. The van der Waals surface area contributed by atoms with Crippen LogP contribution < -0.4 is 29.7 Å². The number of allylic oxidation sites excluding steroid dienone is 1. The predicted molar refractivity (Wildman–Crippen MR) is 179 cm³/mol. The SMILES string of the molecule is COc1ccc([C@H]2C(C(=O)Nc3ccccc3)=C(C)N=c3s/c(=C/c4ccc(OCc5ccc(Cl)c(Cl)c5)cc4)c(=O)n32)cc1. The molecule has 7 nitrogen and oxygen atoms in total. The van der Waals surface area contributed by atoms with E-state index in [0.29, 0.717) is 54.4 Å². The lowest BCUT2D eigenvalue weighted by Crippen LogP contribution is -2.40. The van der Waals surface area contributed by atoms with Crippen molar-refractivity contribution < 1.29 is 14.3 Å². The molecule has 0 saturated heterocycles. The lowest BCUT2D eigenvalue weighted by Gasteiger charge is -2.25. The molecule has 45 heavy (non-hydrogen) atoms. The fraction of sp³-hybridized carbons (Fsp3) is 0.114. The molecular formula is C35H27Cl2N3O4S. The van der Waals surface area contributed by atoms with E-state index in [1.165, 1.54) is 11.3 Å². The van der Waals surface area contributed by atoms with E-state index in [1.54, 1.807) is 30.7 Å². The zero-order valence-corrected chi connectivity index (χ0v) is 26.6. The number of rotatable bonds is 8. The molecule has 4 aromatic carbocycles. The zero-order valence-electron chi connectivity index (χ0n) is 24.3. The van der Waals surface area contributed by atoms with Gasteiger partial charge in [0.1, 0.15) is 18.1 Å². The van der Waals surface area contributed by atoms with Crippen LogP contribution in [0.3, 0.4) is 0 Å². The maximum absolute atomic E-state index is 14.0. The predicted octanol–water partition coefficient (Wildman–Crippen LogP) is 6.77. The van der Waals surface area contributed by atoms with Crippen LogP contribution in [0.1, 0.15) is 29.7 Å². The third-order valence-electron chi connectivity index (χ3n) is 7.30. The van der Waals surface area contributed by atoms with Gasteiger partial charge in [-0.25, -0.2) is 4.99 Å². The lowest BCUT2D eigenvalue weighted by atomic mass is 9.95. The van der Waals surface area contributed by atoms with Gasteiger partial charge in [-0.05, 0) is 78.2 Å². The fourth-order valence-corrected chi connectivity index (χ4v) is 6.41. The molecule has 0 unspecified atom stereocenters. The number of methoxy groups -OCH3 is 1. The van der Waals surface area contributed by atoms with E-state index in [0.717, 1.165) is 16.7 Å². The van der Waals surface area contributed by atoms with Crippen molar-refractivity contribution in [3.05, 3.63) is 155 Å². The minimum absolute atomic E-state index is 0.239. The molecule has 1 N–H and O–H groups in total. The number of ether oxygens (including phenoxy) is 2. The Hall–Kier alpha value is -4.63. The molecule has 226 valence electrons. The molecule has 1 amide bonds. The summed E-state index contributed by atoms with van der Waals surface area (Å²) in [5.74, 6) is 1.02. The number of para-hydroxylation sites is 1. The van der Waals surface area contributed by atoms with Crippen molar-refractivity contribution in [2.75, 3.05) is 12.4 Å². The van der Waals surface area contributed by atoms with Crippen LogP contribution in [-0.4, -0.2) is 17.6 Å². The van der Waals surface area contributed by atoms with Crippen molar-refractivity contribution in [1.29, 1.82) is 0 Å². The molecule has 0 aliphatic carbocycles. The molecule has 1 aromatic heterocycles. The number of benzene rings is 4. The highest BCUT2D eigenvalue weighted by Gasteiger charge is 2.32. The van der Waals surface area contributed by atoms with Crippen molar-refractivity contribution in [3.8, 4) is 11.5 Å². The molecule has 1 aliphatic heterocycles. The number of carbonyl (C=O) groups excluding carboxylic acids is 1. The van der Waals surface area contributed by atoms with Gasteiger partial charge in [0.05, 0.1) is 39.0 Å². The number of aromatic nitrogens is 1. The Labute approximate surface area is 273 Å². The summed E-state index contributed by atoms with van der Waals surface area (Å²) in [5.41, 5.74) is 3.83. The van der Waals surface area contributed by atoms with Crippen molar-refractivity contribution in [3.63, 3.8) is 0 Å². The maximum Gasteiger partial charge on any atom is 0.271 e. The third kappa shape index (κ3) is 6.59. The van der Waals surface area contributed by atoms with Crippen LogP contribution in [0.4, 0.5) is 5.69 Å². The number of fused-ring (bicyclic) bond motifs is 1. The van der Waals surface area contributed by atoms with Crippen LogP contribution in [-0.2, 0) is 11.4 Å². The highest BCUT2D eigenvalue weighted by molar-refractivity contribution is 7.07. The van der Waals surface area contributed by atoms with E-state index in [9.17, 15) is 9.59 Å². The van der Waals surface area contributed by atoms with Gasteiger partial charge in [0.25, 0.3) is 11.5 Å². The van der Waals surface area contributed by atoms with Gasteiger partial charge < -0.3 is 14.8 Å². The summed E-state index contributed by atoms with van der Waals surface area (Å²) in [6.45, 7) is 2.13. The Kier molecular flexibility index (Phi) is 8.89. The largest absolute Gasteiger partial charge is 0.497 e. The van der Waals surface area contributed by atoms with Gasteiger partial charge in [0.2, 0.25) is 0 Å². The van der Waals surface area contributed by atoms with E-state index in [2.05, 4.69) is 5.32 Å². The number of halogens is 2. The molecular weight excluding hydrogens is 629 g/mol. The maximum atomic E-state index is 14.0. The molecule has 1 atom stereocenters. The van der Waals surface area contributed by atoms with Gasteiger partial charge in [-0.2, -0.15) is 0 Å². The Balaban J connectivity index is 1.33. The monoisotopic (exact) mass is 655 g/mol. The topological polar surface area (TPSA) is 81.9 Å². The Morgan fingerprint density at radius 2 is 1.67 bits per heavy atom. The number of nitrogens with zero attached hydrogens (tertiary/aromatic N) is 2. The number of carbonyl (C=O) groups is 1. The molecule has 0 saturated carbocycles. The first kappa shape index (κ1) is 30.4. The lowest BCUT2D eigenvalue weighted by molar-refractivity contribution is -0.113. The van der Waals surface area contributed by atoms with Crippen LogP contribution in [0.25, 0.3) is 6.08 Å². The number of anilines is 1. The molecule has 0 bridgehead atoms. The van der Waals surface area contributed by atoms with Gasteiger partial charge >= 0.3 is 0 Å². The standard InChI is InChI=1S/C35H27Cl2N3O4S/c1-21-31(33(41)39-25-6-4-3-5-7-25)32(24-11-15-26(43-2)16-12-24)40-34(42)30(45-35(40)38-21)19-22-8-13-27(14-9-22)44-20-23-10-17-28(36)29(37)18-23/h3-19,32H,20H2,1-2H3,(H,39,41)/b30-19+/t32-/m0/s1. The smallest absolute Gasteiger partial charge is 0.271 e. The molecule has 0 radical (unpaired) electrons. The van der Waals surface area contributed by atoms with E-state index in [4.69, 9.17) is 37.7 Å².